The Labute approximate surface area is 108 Å². The van der Waals surface area contributed by atoms with Gasteiger partial charge in [0.15, 0.2) is 0 Å². The van der Waals surface area contributed by atoms with Crippen molar-refractivity contribution in [3.8, 4) is 0 Å². The van der Waals surface area contributed by atoms with E-state index in [9.17, 15) is 0 Å². The third-order valence-corrected chi connectivity index (χ3v) is 3.88. The fraction of sp³-hybridized carbons (Fsp3) is 0.571. The average molecular weight is 246 g/mol. The van der Waals surface area contributed by atoms with Crippen LogP contribution in [0.1, 0.15) is 44.5 Å². The highest BCUT2D eigenvalue weighted by Crippen LogP contribution is 2.33. The molecule has 2 rings (SSSR count). The maximum atomic E-state index is 5.99. The van der Waals surface area contributed by atoms with Crippen LogP contribution in [0.5, 0.6) is 0 Å². The highest BCUT2D eigenvalue weighted by atomic mass is 15.1. The lowest BCUT2D eigenvalue weighted by atomic mass is 10.0. The summed E-state index contributed by atoms with van der Waals surface area (Å²) in [7, 11) is 0. The molecule has 0 aliphatic heterocycles. The molecular formula is C14H22N4. The lowest BCUT2D eigenvalue weighted by molar-refractivity contribution is 0.368. The molecule has 0 amide bonds. The molecule has 0 saturated heterocycles. The SMILES string of the molecule is CCC(C(C)C)n1c(C)c(C)c2c(N)ncnc21. The zero-order valence-electron chi connectivity index (χ0n) is 11.9. The molecule has 0 aliphatic carbocycles. The van der Waals surface area contributed by atoms with Crippen LogP contribution < -0.4 is 5.73 Å². The number of nitrogens with zero attached hydrogens (tertiary/aromatic N) is 3. The smallest absolute Gasteiger partial charge is 0.146 e. The highest BCUT2D eigenvalue weighted by Gasteiger charge is 2.22. The Morgan fingerprint density at radius 2 is 1.94 bits per heavy atom. The maximum absolute atomic E-state index is 5.99. The summed E-state index contributed by atoms with van der Waals surface area (Å²) in [6, 6.07) is 0.454. The largest absolute Gasteiger partial charge is 0.383 e. The van der Waals surface area contributed by atoms with Crippen LogP contribution in [-0.4, -0.2) is 14.5 Å². The molecule has 0 radical (unpaired) electrons. The van der Waals surface area contributed by atoms with E-state index in [-0.39, 0.29) is 0 Å². The quantitative estimate of drug-likeness (QED) is 0.904. The summed E-state index contributed by atoms with van der Waals surface area (Å²) >= 11 is 0. The van der Waals surface area contributed by atoms with Crippen molar-refractivity contribution in [2.24, 2.45) is 5.92 Å². The van der Waals surface area contributed by atoms with Crippen LogP contribution in [0.3, 0.4) is 0 Å². The summed E-state index contributed by atoms with van der Waals surface area (Å²) in [4.78, 5) is 8.55. The second kappa shape index (κ2) is 4.59. The fourth-order valence-corrected chi connectivity index (χ4v) is 2.81. The van der Waals surface area contributed by atoms with Crippen LogP contribution in [0, 0.1) is 19.8 Å². The molecule has 1 unspecified atom stereocenters. The standard InChI is InChI=1S/C14H22N4/c1-6-11(8(2)3)18-10(5)9(4)12-13(15)16-7-17-14(12)18/h7-8,11H,6H2,1-5H3,(H2,15,16,17). The lowest BCUT2D eigenvalue weighted by Crippen LogP contribution is -2.16. The van der Waals surface area contributed by atoms with Crippen molar-refractivity contribution in [3.05, 3.63) is 17.6 Å². The van der Waals surface area contributed by atoms with Gasteiger partial charge in [-0.15, -0.1) is 0 Å². The number of fused-ring (bicyclic) bond motifs is 1. The van der Waals surface area contributed by atoms with Gasteiger partial charge in [-0.3, -0.25) is 0 Å². The minimum atomic E-state index is 0.454. The molecule has 2 N–H and O–H groups in total. The molecule has 4 heteroatoms. The zero-order valence-corrected chi connectivity index (χ0v) is 11.9. The summed E-state index contributed by atoms with van der Waals surface area (Å²) in [5, 5.41) is 1.01. The van der Waals surface area contributed by atoms with E-state index in [0.29, 0.717) is 17.8 Å². The van der Waals surface area contributed by atoms with Crippen molar-refractivity contribution in [2.75, 3.05) is 5.73 Å². The molecule has 2 aromatic heterocycles. The van der Waals surface area contributed by atoms with Crippen molar-refractivity contribution in [1.82, 2.24) is 14.5 Å². The maximum Gasteiger partial charge on any atom is 0.146 e. The third kappa shape index (κ3) is 1.76. The number of hydrogen-bond acceptors (Lipinski definition) is 3. The number of rotatable bonds is 3. The van der Waals surface area contributed by atoms with E-state index in [1.165, 1.54) is 11.3 Å². The first-order valence-electron chi connectivity index (χ1n) is 6.56. The van der Waals surface area contributed by atoms with E-state index in [1.54, 1.807) is 6.33 Å². The molecule has 98 valence electrons. The van der Waals surface area contributed by atoms with E-state index in [1.807, 2.05) is 0 Å². The van der Waals surface area contributed by atoms with Gasteiger partial charge in [0.05, 0.1) is 5.39 Å². The Bertz CT molecular complexity index is 569. The number of nitrogen functional groups attached to an aromatic ring is 1. The Morgan fingerprint density at radius 3 is 2.50 bits per heavy atom. The first-order chi connectivity index (χ1) is 8.49. The van der Waals surface area contributed by atoms with Gasteiger partial charge in [0.2, 0.25) is 0 Å². The van der Waals surface area contributed by atoms with Crippen LogP contribution in [0.25, 0.3) is 11.0 Å². The molecule has 4 nitrogen and oxygen atoms in total. The van der Waals surface area contributed by atoms with Crippen LogP contribution >= 0.6 is 0 Å². The molecule has 0 bridgehead atoms. The van der Waals surface area contributed by atoms with Crippen LogP contribution in [0.15, 0.2) is 6.33 Å². The molecule has 2 heterocycles. The van der Waals surface area contributed by atoms with E-state index in [0.717, 1.165) is 17.5 Å². The van der Waals surface area contributed by atoms with E-state index in [2.05, 4.69) is 49.2 Å². The zero-order chi connectivity index (χ0) is 13.4. The average Bonchev–Trinajstić information content (AvgIpc) is 2.56. The molecule has 0 aliphatic rings. The van der Waals surface area contributed by atoms with Gasteiger partial charge >= 0.3 is 0 Å². The summed E-state index contributed by atoms with van der Waals surface area (Å²) < 4.78 is 2.33. The second-order valence-corrected chi connectivity index (χ2v) is 5.26. The summed E-state index contributed by atoms with van der Waals surface area (Å²) in [6.45, 7) is 11.0. The minimum Gasteiger partial charge on any atom is -0.383 e. The van der Waals surface area contributed by atoms with Gasteiger partial charge in [0.1, 0.15) is 17.8 Å². The summed E-state index contributed by atoms with van der Waals surface area (Å²) in [5.74, 6) is 1.15. The molecule has 18 heavy (non-hydrogen) atoms. The van der Waals surface area contributed by atoms with Crippen LogP contribution in [0.4, 0.5) is 5.82 Å². The molecule has 0 aromatic carbocycles. The van der Waals surface area contributed by atoms with Gasteiger partial charge < -0.3 is 10.3 Å². The van der Waals surface area contributed by atoms with Gasteiger partial charge in [0.25, 0.3) is 0 Å². The normalized spacial score (nSPS) is 13.4. The number of hydrogen-bond donors (Lipinski definition) is 1. The highest BCUT2D eigenvalue weighted by molar-refractivity contribution is 5.90. The van der Waals surface area contributed by atoms with Crippen molar-refractivity contribution in [3.63, 3.8) is 0 Å². The topological polar surface area (TPSA) is 56.7 Å². The first-order valence-corrected chi connectivity index (χ1v) is 6.56. The Balaban J connectivity index is 2.79. The van der Waals surface area contributed by atoms with Gasteiger partial charge in [-0.05, 0) is 31.7 Å². The molecule has 0 fully saturated rings. The van der Waals surface area contributed by atoms with E-state index in [4.69, 9.17) is 5.73 Å². The molecule has 0 saturated carbocycles. The lowest BCUT2D eigenvalue weighted by Gasteiger charge is -2.23. The number of anilines is 1. The monoisotopic (exact) mass is 246 g/mol. The number of aromatic nitrogens is 3. The van der Waals surface area contributed by atoms with Crippen molar-refractivity contribution in [1.29, 1.82) is 0 Å². The summed E-state index contributed by atoms with van der Waals surface area (Å²) in [5.41, 5.74) is 9.41. The minimum absolute atomic E-state index is 0.454. The number of aryl methyl sites for hydroxylation is 1. The van der Waals surface area contributed by atoms with Crippen LogP contribution in [0.2, 0.25) is 0 Å². The van der Waals surface area contributed by atoms with Gasteiger partial charge in [-0.2, -0.15) is 0 Å². The Kier molecular flexibility index (Phi) is 3.28. The third-order valence-electron chi connectivity index (χ3n) is 3.88. The molecular weight excluding hydrogens is 224 g/mol. The van der Waals surface area contributed by atoms with Gasteiger partial charge in [0, 0.05) is 11.7 Å². The second-order valence-electron chi connectivity index (χ2n) is 5.26. The van der Waals surface area contributed by atoms with E-state index < -0.39 is 0 Å². The van der Waals surface area contributed by atoms with Crippen molar-refractivity contribution in [2.45, 2.75) is 47.1 Å². The van der Waals surface area contributed by atoms with Gasteiger partial charge in [-0.25, -0.2) is 9.97 Å². The molecule has 2 aromatic rings. The molecule has 1 atom stereocenters. The predicted octanol–water partition coefficient (Wildman–Crippen LogP) is 3.24. The van der Waals surface area contributed by atoms with E-state index >= 15 is 0 Å². The Morgan fingerprint density at radius 1 is 1.28 bits per heavy atom. The molecule has 0 spiro atoms. The van der Waals surface area contributed by atoms with Crippen molar-refractivity contribution >= 4 is 16.9 Å². The first kappa shape index (κ1) is 12.9. The number of nitrogens with two attached hydrogens (primary N) is 1. The van der Waals surface area contributed by atoms with Crippen molar-refractivity contribution < 1.29 is 0 Å². The Hall–Kier alpha value is -1.58. The van der Waals surface area contributed by atoms with Crippen LogP contribution in [-0.2, 0) is 0 Å². The predicted molar refractivity (Wildman–Crippen MR) is 75.6 cm³/mol. The van der Waals surface area contributed by atoms with Gasteiger partial charge in [-0.1, -0.05) is 20.8 Å². The fourth-order valence-electron chi connectivity index (χ4n) is 2.81. The summed E-state index contributed by atoms with van der Waals surface area (Å²) in [6.07, 6.45) is 2.64.